The minimum atomic E-state index is -3.07. The largest absolute Gasteiger partial charge is 0.314 e. The third-order valence-electron chi connectivity index (χ3n) is 3.63. The normalized spacial score (nSPS) is 31.5. The highest BCUT2D eigenvalue weighted by Gasteiger charge is 2.38. The lowest BCUT2D eigenvalue weighted by molar-refractivity contribution is 0.244. The molecule has 17 heavy (non-hydrogen) atoms. The Hall–Kier alpha value is -0.130. The lowest BCUT2D eigenvalue weighted by Crippen LogP contribution is -2.48. The summed E-state index contributed by atoms with van der Waals surface area (Å²) < 4.78 is 26.3. The van der Waals surface area contributed by atoms with Crippen molar-refractivity contribution in [2.24, 2.45) is 11.3 Å². The second-order valence-corrected chi connectivity index (χ2v) is 8.54. The maximum Gasteiger partial charge on any atom is 0.214 e. The number of nitrogens with one attached hydrogen (secondary N) is 1. The van der Waals surface area contributed by atoms with Gasteiger partial charge in [0.15, 0.2) is 0 Å². The SMILES string of the molecule is CC(C)(C)CS(=O)(=O)N1CCC2NCCC2C1. The van der Waals surface area contributed by atoms with Crippen LogP contribution in [0.5, 0.6) is 0 Å². The van der Waals surface area contributed by atoms with Gasteiger partial charge in [0, 0.05) is 19.1 Å². The van der Waals surface area contributed by atoms with Gasteiger partial charge >= 0.3 is 0 Å². The maximum atomic E-state index is 12.3. The van der Waals surface area contributed by atoms with Crippen LogP contribution >= 0.6 is 0 Å². The van der Waals surface area contributed by atoms with E-state index in [4.69, 9.17) is 0 Å². The minimum absolute atomic E-state index is 0.163. The molecular formula is C12H24N2O2S. The van der Waals surface area contributed by atoms with Crippen molar-refractivity contribution in [1.82, 2.24) is 9.62 Å². The van der Waals surface area contributed by atoms with Crippen LogP contribution in [0.3, 0.4) is 0 Å². The summed E-state index contributed by atoms with van der Waals surface area (Å²) in [4.78, 5) is 0. The topological polar surface area (TPSA) is 49.4 Å². The van der Waals surface area contributed by atoms with Gasteiger partial charge < -0.3 is 5.32 Å². The molecule has 100 valence electrons. The smallest absolute Gasteiger partial charge is 0.214 e. The van der Waals surface area contributed by atoms with Crippen molar-refractivity contribution >= 4 is 10.0 Å². The molecule has 5 heteroatoms. The Bertz CT molecular complexity index is 372. The first-order chi connectivity index (χ1) is 7.78. The molecule has 0 aromatic carbocycles. The standard InChI is InChI=1S/C12H24N2O2S/c1-12(2,3)9-17(15,16)14-7-5-11-10(8-14)4-6-13-11/h10-11,13H,4-9H2,1-3H3. The molecule has 0 aromatic rings. The van der Waals surface area contributed by atoms with E-state index in [0.29, 0.717) is 18.5 Å². The van der Waals surface area contributed by atoms with E-state index in [1.165, 1.54) is 0 Å². The summed E-state index contributed by atoms with van der Waals surface area (Å²) in [5.74, 6) is 0.781. The third kappa shape index (κ3) is 3.20. The fraction of sp³-hybridized carbons (Fsp3) is 1.00. The molecule has 2 atom stereocenters. The zero-order chi connectivity index (χ0) is 12.7. The molecule has 2 saturated heterocycles. The van der Waals surface area contributed by atoms with Crippen LogP contribution in [0, 0.1) is 11.3 Å². The Balaban J connectivity index is 2.03. The Kier molecular flexibility index (Phi) is 3.54. The van der Waals surface area contributed by atoms with Gasteiger partial charge in [-0.2, -0.15) is 0 Å². The summed E-state index contributed by atoms with van der Waals surface area (Å²) in [6, 6.07) is 0.552. The molecule has 0 aliphatic carbocycles. The number of piperidine rings is 1. The van der Waals surface area contributed by atoms with Crippen LogP contribution in [0.2, 0.25) is 0 Å². The van der Waals surface area contributed by atoms with E-state index >= 15 is 0 Å². The van der Waals surface area contributed by atoms with Crippen molar-refractivity contribution in [3.8, 4) is 0 Å². The average molecular weight is 260 g/mol. The fourth-order valence-corrected chi connectivity index (χ4v) is 4.98. The zero-order valence-electron chi connectivity index (χ0n) is 11.1. The van der Waals surface area contributed by atoms with E-state index in [1.807, 2.05) is 20.8 Å². The first-order valence-corrected chi connectivity index (χ1v) is 8.10. The quantitative estimate of drug-likeness (QED) is 0.807. The number of fused-ring (bicyclic) bond motifs is 1. The Morgan fingerprint density at radius 3 is 2.65 bits per heavy atom. The van der Waals surface area contributed by atoms with Crippen LogP contribution < -0.4 is 5.32 Å². The first-order valence-electron chi connectivity index (χ1n) is 6.49. The molecule has 0 aromatic heterocycles. The molecular weight excluding hydrogens is 236 g/mol. The molecule has 0 bridgehead atoms. The van der Waals surface area contributed by atoms with E-state index in [1.54, 1.807) is 4.31 Å². The van der Waals surface area contributed by atoms with E-state index in [-0.39, 0.29) is 11.2 Å². The lowest BCUT2D eigenvalue weighted by atomic mass is 9.95. The number of nitrogens with zero attached hydrogens (tertiary/aromatic N) is 1. The first kappa shape index (κ1) is 13.3. The van der Waals surface area contributed by atoms with Gasteiger partial charge in [0.2, 0.25) is 10.0 Å². The van der Waals surface area contributed by atoms with Crippen molar-refractivity contribution in [1.29, 1.82) is 0 Å². The van der Waals surface area contributed by atoms with Crippen molar-refractivity contribution in [3.63, 3.8) is 0 Å². The highest BCUT2D eigenvalue weighted by molar-refractivity contribution is 7.89. The third-order valence-corrected chi connectivity index (χ3v) is 5.98. The van der Waals surface area contributed by atoms with E-state index < -0.39 is 10.0 Å². The molecule has 0 spiro atoms. The van der Waals surface area contributed by atoms with Gasteiger partial charge in [-0.3, -0.25) is 0 Å². The minimum Gasteiger partial charge on any atom is -0.314 e. The van der Waals surface area contributed by atoms with Crippen LogP contribution in [0.4, 0.5) is 0 Å². The highest BCUT2D eigenvalue weighted by atomic mass is 32.2. The van der Waals surface area contributed by atoms with Gasteiger partial charge in [0.1, 0.15) is 0 Å². The van der Waals surface area contributed by atoms with Crippen LogP contribution in [0.15, 0.2) is 0 Å². The number of rotatable bonds is 2. The highest BCUT2D eigenvalue weighted by Crippen LogP contribution is 2.28. The van der Waals surface area contributed by atoms with Crippen LogP contribution in [-0.4, -0.2) is 44.2 Å². The second kappa shape index (κ2) is 4.52. The van der Waals surface area contributed by atoms with E-state index in [9.17, 15) is 8.42 Å². The monoisotopic (exact) mass is 260 g/mol. The van der Waals surface area contributed by atoms with E-state index in [2.05, 4.69) is 5.32 Å². The van der Waals surface area contributed by atoms with Crippen molar-refractivity contribution < 1.29 is 8.42 Å². The van der Waals surface area contributed by atoms with Crippen molar-refractivity contribution in [2.45, 2.75) is 39.7 Å². The molecule has 2 aliphatic rings. The van der Waals surface area contributed by atoms with Gasteiger partial charge in [-0.1, -0.05) is 20.8 Å². The molecule has 2 heterocycles. The summed E-state index contributed by atoms with van der Waals surface area (Å²) in [5, 5.41) is 3.46. The molecule has 0 saturated carbocycles. The van der Waals surface area contributed by atoms with Crippen molar-refractivity contribution in [3.05, 3.63) is 0 Å². The Morgan fingerprint density at radius 1 is 1.29 bits per heavy atom. The molecule has 2 unspecified atom stereocenters. The van der Waals surface area contributed by atoms with Crippen LogP contribution in [0.1, 0.15) is 33.6 Å². The van der Waals surface area contributed by atoms with Crippen LogP contribution in [-0.2, 0) is 10.0 Å². The van der Waals surface area contributed by atoms with Crippen LogP contribution in [0.25, 0.3) is 0 Å². The summed E-state index contributed by atoms with van der Waals surface area (Å²) in [7, 11) is -3.07. The predicted octanol–water partition coefficient (Wildman–Crippen LogP) is 1.05. The fourth-order valence-electron chi connectivity index (χ4n) is 2.91. The number of hydrogen-bond donors (Lipinski definition) is 1. The molecule has 0 amide bonds. The molecule has 2 fully saturated rings. The molecule has 2 rings (SSSR count). The summed E-state index contributed by atoms with van der Waals surface area (Å²) in [6.07, 6.45) is 2.08. The lowest BCUT2D eigenvalue weighted by Gasteiger charge is -2.35. The summed E-state index contributed by atoms with van der Waals surface area (Å²) >= 11 is 0. The Labute approximate surface area is 105 Å². The zero-order valence-corrected chi connectivity index (χ0v) is 11.9. The number of hydrogen-bond acceptors (Lipinski definition) is 3. The average Bonchev–Trinajstić information content (AvgIpc) is 2.59. The Morgan fingerprint density at radius 2 is 2.00 bits per heavy atom. The second-order valence-electron chi connectivity index (χ2n) is 6.57. The van der Waals surface area contributed by atoms with Crippen molar-refractivity contribution in [2.75, 3.05) is 25.4 Å². The summed E-state index contributed by atoms with van der Waals surface area (Å²) in [5.41, 5.74) is -0.163. The molecule has 2 aliphatic heterocycles. The van der Waals surface area contributed by atoms with Gasteiger partial charge in [0.25, 0.3) is 0 Å². The van der Waals surface area contributed by atoms with Gasteiger partial charge in [-0.25, -0.2) is 12.7 Å². The summed E-state index contributed by atoms with van der Waals surface area (Å²) in [6.45, 7) is 8.39. The maximum absolute atomic E-state index is 12.3. The molecule has 1 N–H and O–H groups in total. The van der Waals surface area contributed by atoms with Gasteiger partial charge in [-0.05, 0) is 30.7 Å². The number of sulfonamides is 1. The van der Waals surface area contributed by atoms with Gasteiger partial charge in [0.05, 0.1) is 5.75 Å². The van der Waals surface area contributed by atoms with Gasteiger partial charge in [-0.15, -0.1) is 0 Å². The van der Waals surface area contributed by atoms with E-state index in [0.717, 1.165) is 25.9 Å². The molecule has 4 nitrogen and oxygen atoms in total. The molecule has 0 radical (unpaired) electrons. The predicted molar refractivity (Wildman–Crippen MR) is 69.3 cm³/mol.